The van der Waals surface area contributed by atoms with Gasteiger partial charge in [-0.3, -0.25) is 4.79 Å². The summed E-state index contributed by atoms with van der Waals surface area (Å²) in [5.74, 6) is -4.32. The van der Waals surface area contributed by atoms with Crippen molar-refractivity contribution in [3.05, 3.63) is 0 Å². The van der Waals surface area contributed by atoms with Crippen molar-refractivity contribution in [3.8, 4) is 0 Å². The molecular weight excluding hydrogens is 199 g/mol. The number of hydrogen-bond acceptors (Lipinski definition) is 3. The quantitative estimate of drug-likeness (QED) is 0.639. The highest BCUT2D eigenvalue weighted by atomic mass is 19.3. The van der Waals surface area contributed by atoms with Crippen LogP contribution in [-0.4, -0.2) is 37.8 Å². The summed E-state index contributed by atoms with van der Waals surface area (Å²) in [4.78, 5) is 11.3. The number of nitrogens with one attached hydrogen (secondary N) is 1. The predicted molar refractivity (Wildman–Crippen MR) is 40.7 cm³/mol. The maximum Gasteiger partial charge on any atom is 0.316 e. The van der Waals surface area contributed by atoms with E-state index in [1.54, 1.807) is 0 Å². The lowest BCUT2D eigenvalue weighted by Crippen LogP contribution is -2.71. The fourth-order valence-electron chi connectivity index (χ4n) is 2.35. The molecule has 0 aromatic heterocycles. The first-order valence-electron chi connectivity index (χ1n) is 4.25. The highest BCUT2D eigenvalue weighted by molar-refractivity contribution is 5.82. The molecular formula is C8H10F3NO2. The highest BCUT2D eigenvalue weighted by Gasteiger charge is 2.83. The van der Waals surface area contributed by atoms with Crippen LogP contribution in [0.1, 0.15) is 6.42 Å². The van der Waals surface area contributed by atoms with E-state index in [0.717, 1.165) is 7.11 Å². The summed E-state index contributed by atoms with van der Waals surface area (Å²) in [5.41, 5.74) is -4.45. The van der Waals surface area contributed by atoms with Crippen LogP contribution >= 0.6 is 0 Å². The maximum atomic E-state index is 13.8. The zero-order chi connectivity index (χ0) is 10.6. The van der Waals surface area contributed by atoms with Gasteiger partial charge < -0.3 is 10.1 Å². The van der Waals surface area contributed by atoms with E-state index in [4.69, 9.17) is 0 Å². The fourth-order valence-corrected chi connectivity index (χ4v) is 2.35. The third-order valence-corrected chi connectivity index (χ3v) is 3.23. The van der Waals surface area contributed by atoms with Gasteiger partial charge in [0.05, 0.1) is 7.11 Å². The van der Waals surface area contributed by atoms with Crippen molar-refractivity contribution >= 4 is 5.97 Å². The molecule has 0 radical (unpaired) electrons. The van der Waals surface area contributed by atoms with Crippen molar-refractivity contribution in [1.29, 1.82) is 0 Å². The van der Waals surface area contributed by atoms with Crippen LogP contribution in [0.3, 0.4) is 0 Å². The topological polar surface area (TPSA) is 38.3 Å². The van der Waals surface area contributed by atoms with E-state index in [-0.39, 0.29) is 6.54 Å². The Hall–Kier alpha value is -0.780. The molecule has 2 aliphatic rings. The minimum Gasteiger partial charge on any atom is -0.468 e. The molecule has 80 valence electrons. The Kier molecular flexibility index (Phi) is 1.69. The molecule has 2 fully saturated rings. The maximum absolute atomic E-state index is 13.8. The molecule has 0 aromatic carbocycles. The summed E-state index contributed by atoms with van der Waals surface area (Å²) >= 11 is 0. The average Bonchev–Trinajstić information content (AvgIpc) is 2.40. The molecule has 6 heteroatoms. The van der Waals surface area contributed by atoms with Gasteiger partial charge in [-0.2, -0.15) is 0 Å². The van der Waals surface area contributed by atoms with Crippen LogP contribution in [0.4, 0.5) is 13.2 Å². The molecule has 0 amide bonds. The average molecular weight is 209 g/mol. The van der Waals surface area contributed by atoms with E-state index in [1.807, 2.05) is 0 Å². The molecule has 0 spiro atoms. The molecule has 1 saturated carbocycles. The molecule has 0 bridgehead atoms. The number of methoxy groups -OCH3 is 1. The third-order valence-electron chi connectivity index (χ3n) is 3.23. The molecule has 2 rings (SSSR count). The Morgan fingerprint density at radius 2 is 2.00 bits per heavy atom. The molecule has 14 heavy (non-hydrogen) atoms. The third kappa shape index (κ3) is 0.762. The van der Waals surface area contributed by atoms with Crippen molar-refractivity contribution in [2.24, 2.45) is 5.41 Å². The van der Waals surface area contributed by atoms with E-state index >= 15 is 0 Å². The normalized spacial score (nSPS) is 44.0. The minimum atomic E-state index is -3.43. The smallest absolute Gasteiger partial charge is 0.316 e. The first-order valence-corrected chi connectivity index (χ1v) is 4.25. The number of ether oxygens (including phenoxy) is 1. The lowest BCUT2D eigenvalue weighted by atomic mass is 9.57. The highest BCUT2D eigenvalue weighted by Crippen LogP contribution is 2.64. The Morgan fingerprint density at radius 3 is 2.50 bits per heavy atom. The molecule has 3 nitrogen and oxygen atoms in total. The number of alkyl halides is 3. The number of esters is 1. The summed E-state index contributed by atoms with van der Waals surface area (Å²) in [7, 11) is 1.08. The first kappa shape index (κ1) is 9.76. The van der Waals surface area contributed by atoms with Gasteiger partial charge >= 0.3 is 5.97 Å². The molecule has 0 aromatic rings. The summed E-state index contributed by atoms with van der Waals surface area (Å²) in [5, 5.41) is 2.48. The van der Waals surface area contributed by atoms with Crippen LogP contribution in [0, 0.1) is 5.41 Å². The fraction of sp³-hybridized carbons (Fsp3) is 0.875. The van der Waals surface area contributed by atoms with Gasteiger partial charge in [0.15, 0.2) is 0 Å². The second-order valence-electron chi connectivity index (χ2n) is 3.86. The number of halogens is 3. The summed E-state index contributed by atoms with van der Waals surface area (Å²) in [6.07, 6.45) is -0.768. The van der Waals surface area contributed by atoms with E-state index in [2.05, 4.69) is 10.1 Å². The molecule has 2 atom stereocenters. The lowest BCUT2D eigenvalue weighted by molar-refractivity contribution is -0.274. The van der Waals surface area contributed by atoms with Crippen molar-refractivity contribution in [2.75, 3.05) is 20.2 Å². The van der Waals surface area contributed by atoms with E-state index in [9.17, 15) is 18.0 Å². The molecule has 1 heterocycles. The Labute approximate surface area is 78.6 Å². The Morgan fingerprint density at radius 1 is 1.36 bits per heavy atom. The van der Waals surface area contributed by atoms with E-state index < -0.39 is 35.9 Å². The van der Waals surface area contributed by atoms with Crippen LogP contribution in [0.5, 0.6) is 0 Å². The van der Waals surface area contributed by atoms with Gasteiger partial charge in [-0.15, -0.1) is 0 Å². The number of rotatable bonds is 1. The van der Waals surface area contributed by atoms with Gasteiger partial charge in [0.1, 0.15) is 5.41 Å². The number of fused-ring (bicyclic) bond motifs is 1. The molecule has 1 N–H and O–H groups in total. The van der Waals surface area contributed by atoms with Crippen molar-refractivity contribution in [3.63, 3.8) is 0 Å². The Balaban J connectivity index is 2.36. The van der Waals surface area contributed by atoms with Crippen LogP contribution in [0.25, 0.3) is 0 Å². The van der Waals surface area contributed by atoms with Gasteiger partial charge in [-0.25, -0.2) is 13.2 Å². The molecule has 1 saturated heterocycles. The van der Waals surface area contributed by atoms with Crippen molar-refractivity contribution in [2.45, 2.75) is 18.0 Å². The van der Waals surface area contributed by atoms with Crippen molar-refractivity contribution in [1.82, 2.24) is 5.32 Å². The van der Waals surface area contributed by atoms with Gasteiger partial charge in [0, 0.05) is 19.5 Å². The standard InChI is InChI=1S/C8H10F3NO2/c1-14-5(13)6-2-8(10,11)7(6,9)4-12-3-6/h12H,2-4H2,1H3. The SMILES string of the molecule is COC(=O)C12CNCC1(F)C(F)(F)C2. The first-order chi connectivity index (χ1) is 6.40. The summed E-state index contributed by atoms with van der Waals surface area (Å²) < 4.78 is 44.2. The number of carbonyl (C=O) groups excluding carboxylic acids is 1. The zero-order valence-electron chi connectivity index (χ0n) is 7.57. The Bertz CT molecular complexity index is 296. The summed E-state index contributed by atoms with van der Waals surface area (Å²) in [6, 6.07) is 0. The minimum absolute atomic E-state index is 0.0776. The van der Waals surface area contributed by atoms with Gasteiger partial charge in [-0.1, -0.05) is 0 Å². The molecule has 1 aliphatic carbocycles. The number of carbonyl (C=O) groups is 1. The number of hydrogen-bond donors (Lipinski definition) is 1. The summed E-state index contributed by atoms with van der Waals surface area (Å²) in [6.45, 7) is -0.569. The second-order valence-corrected chi connectivity index (χ2v) is 3.86. The second kappa shape index (κ2) is 2.42. The van der Waals surface area contributed by atoms with Gasteiger partial charge in [0.2, 0.25) is 5.67 Å². The zero-order valence-corrected chi connectivity index (χ0v) is 7.57. The largest absolute Gasteiger partial charge is 0.468 e. The predicted octanol–water partition coefficient (Wildman–Crippen LogP) is 0.496. The molecule has 2 unspecified atom stereocenters. The molecule has 1 aliphatic heterocycles. The van der Waals surface area contributed by atoms with Crippen LogP contribution in [-0.2, 0) is 9.53 Å². The van der Waals surface area contributed by atoms with Gasteiger partial charge in [-0.05, 0) is 0 Å². The van der Waals surface area contributed by atoms with E-state index in [1.165, 1.54) is 0 Å². The van der Waals surface area contributed by atoms with Crippen LogP contribution in [0.2, 0.25) is 0 Å². The van der Waals surface area contributed by atoms with Crippen molar-refractivity contribution < 1.29 is 22.7 Å². The van der Waals surface area contributed by atoms with Gasteiger partial charge in [0.25, 0.3) is 5.92 Å². The monoisotopic (exact) mass is 209 g/mol. The van der Waals surface area contributed by atoms with Crippen LogP contribution in [0.15, 0.2) is 0 Å². The van der Waals surface area contributed by atoms with Crippen LogP contribution < -0.4 is 5.32 Å². The lowest BCUT2D eigenvalue weighted by Gasteiger charge is -2.52. The van der Waals surface area contributed by atoms with E-state index in [0.29, 0.717) is 0 Å².